The van der Waals surface area contributed by atoms with Gasteiger partial charge >= 0.3 is 0 Å². The third kappa shape index (κ3) is 2.99. The summed E-state index contributed by atoms with van der Waals surface area (Å²) in [5.41, 5.74) is 8.92. The summed E-state index contributed by atoms with van der Waals surface area (Å²) >= 11 is 0. The first kappa shape index (κ1) is 18.1. The van der Waals surface area contributed by atoms with Crippen LogP contribution in [-0.4, -0.2) is 30.7 Å². The molecule has 0 saturated heterocycles. The Morgan fingerprint density at radius 3 is 1.96 bits per heavy atom. The monoisotopic (exact) mass is 351 g/mol. The van der Waals surface area contributed by atoms with Crippen LogP contribution in [0.1, 0.15) is 52.6 Å². The van der Waals surface area contributed by atoms with Crippen molar-refractivity contribution < 1.29 is 9.59 Å². The van der Waals surface area contributed by atoms with E-state index in [9.17, 15) is 9.59 Å². The molecule has 0 fully saturated rings. The summed E-state index contributed by atoms with van der Waals surface area (Å²) in [5.74, 6) is -0.0753. The number of carbonyl (C=O) groups is 2. The predicted molar refractivity (Wildman–Crippen MR) is 105 cm³/mol. The lowest BCUT2D eigenvalue weighted by Crippen LogP contribution is -2.42. The minimum atomic E-state index is -0.343. The van der Waals surface area contributed by atoms with Crippen LogP contribution in [0.2, 0.25) is 0 Å². The van der Waals surface area contributed by atoms with E-state index in [1.54, 1.807) is 31.3 Å². The second-order valence-corrected chi connectivity index (χ2v) is 7.47. The van der Waals surface area contributed by atoms with Gasteiger partial charge in [0.25, 0.3) is 0 Å². The lowest BCUT2D eigenvalue weighted by atomic mass is 9.82. The molecule has 0 aromatic heterocycles. The second kappa shape index (κ2) is 6.57. The van der Waals surface area contributed by atoms with Crippen molar-refractivity contribution in [3.63, 3.8) is 0 Å². The Balaban J connectivity index is 2.08. The van der Waals surface area contributed by atoms with Crippen LogP contribution in [0.15, 0.2) is 36.4 Å². The summed E-state index contributed by atoms with van der Waals surface area (Å²) in [6.07, 6.45) is 0. The van der Waals surface area contributed by atoms with Gasteiger partial charge in [-0.05, 0) is 31.9 Å². The van der Waals surface area contributed by atoms with Crippen molar-refractivity contribution in [3.05, 3.63) is 58.7 Å². The average molecular weight is 351 g/mol. The highest BCUT2D eigenvalue weighted by Gasteiger charge is 2.33. The number of carbonyl (C=O) groups excluding carboxylic acids is 2. The van der Waals surface area contributed by atoms with Gasteiger partial charge < -0.3 is 16.4 Å². The summed E-state index contributed by atoms with van der Waals surface area (Å²) < 4.78 is 0. The van der Waals surface area contributed by atoms with Gasteiger partial charge in [-0.2, -0.15) is 0 Å². The zero-order chi connectivity index (χ0) is 19.1. The average Bonchev–Trinajstić information content (AvgIpc) is 2.62. The van der Waals surface area contributed by atoms with E-state index in [0.717, 1.165) is 0 Å². The van der Waals surface area contributed by atoms with E-state index in [-0.39, 0.29) is 23.0 Å². The molecule has 1 aliphatic rings. The first-order valence-corrected chi connectivity index (χ1v) is 8.81. The van der Waals surface area contributed by atoms with E-state index in [4.69, 9.17) is 5.73 Å². The van der Waals surface area contributed by atoms with Crippen LogP contribution in [0.25, 0.3) is 0 Å². The number of anilines is 2. The van der Waals surface area contributed by atoms with Gasteiger partial charge in [-0.1, -0.05) is 31.2 Å². The van der Waals surface area contributed by atoms with Gasteiger partial charge in [0.1, 0.15) is 0 Å². The van der Waals surface area contributed by atoms with Crippen LogP contribution in [0.5, 0.6) is 0 Å². The van der Waals surface area contributed by atoms with Crippen LogP contribution in [0.3, 0.4) is 0 Å². The highest BCUT2D eigenvalue weighted by atomic mass is 16.1. The van der Waals surface area contributed by atoms with Crippen molar-refractivity contribution in [2.24, 2.45) is 11.7 Å². The number of benzene rings is 2. The first-order valence-electron chi connectivity index (χ1n) is 8.81. The largest absolute Gasteiger partial charge is 0.388 e. The van der Waals surface area contributed by atoms with E-state index in [1.165, 1.54) is 0 Å². The Hall–Kier alpha value is -2.66. The zero-order valence-electron chi connectivity index (χ0n) is 15.6. The molecule has 0 saturated carbocycles. The smallest absolute Gasteiger partial charge is 0.196 e. The maximum atomic E-state index is 13.1. The summed E-state index contributed by atoms with van der Waals surface area (Å²) in [5, 5.41) is 6.36. The van der Waals surface area contributed by atoms with Crippen molar-refractivity contribution in [1.82, 2.24) is 0 Å². The fourth-order valence-electron chi connectivity index (χ4n) is 3.10. The lowest BCUT2D eigenvalue weighted by molar-refractivity contribution is 0.0980. The molecule has 26 heavy (non-hydrogen) atoms. The molecule has 136 valence electrons. The maximum absolute atomic E-state index is 13.1. The van der Waals surface area contributed by atoms with Gasteiger partial charge in [0.2, 0.25) is 0 Å². The fraction of sp³-hybridized carbons (Fsp3) is 0.333. The number of rotatable bonds is 5. The zero-order valence-corrected chi connectivity index (χ0v) is 15.6. The van der Waals surface area contributed by atoms with Gasteiger partial charge in [0.15, 0.2) is 11.6 Å². The summed E-state index contributed by atoms with van der Waals surface area (Å²) in [4.78, 5) is 26.2. The predicted octanol–water partition coefficient (Wildman–Crippen LogP) is 3.29. The van der Waals surface area contributed by atoms with E-state index in [1.807, 2.05) is 26.0 Å². The second-order valence-electron chi connectivity index (χ2n) is 7.47. The molecular formula is C21H25N3O2. The minimum Gasteiger partial charge on any atom is -0.388 e. The van der Waals surface area contributed by atoms with E-state index >= 15 is 0 Å². The Morgan fingerprint density at radius 1 is 0.962 bits per heavy atom. The SMILES string of the molecule is CNc1ccc(NCC(C)C(C)(C)N)c2c1C(=O)c1ccccc1C2=O. The standard InChI is InChI=1S/C21H25N3O2/c1-12(21(2,3)22)11-24-16-10-9-15(23-4)17-18(16)20(26)14-8-6-5-7-13(14)19(17)25/h5-10,12,23-24H,11,22H2,1-4H3. The Morgan fingerprint density at radius 2 is 1.46 bits per heavy atom. The number of nitrogens with one attached hydrogen (secondary N) is 2. The van der Waals surface area contributed by atoms with Gasteiger partial charge in [-0.25, -0.2) is 0 Å². The van der Waals surface area contributed by atoms with Crippen LogP contribution in [-0.2, 0) is 0 Å². The quantitative estimate of drug-likeness (QED) is 0.657. The highest BCUT2D eigenvalue weighted by Crippen LogP contribution is 2.36. The van der Waals surface area contributed by atoms with Gasteiger partial charge in [-0.3, -0.25) is 9.59 Å². The van der Waals surface area contributed by atoms with Crippen LogP contribution in [0, 0.1) is 5.92 Å². The van der Waals surface area contributed by atoms with Gasteiger partial charge in [0, 0.05) is 41.6 Å². The molecule has 2 aromatic carbocycles. The van der Waals surface area contributed by atoms with Crippen molar-refractivity contribution in [2.75, 3.05) is 24.2 Å². The number of ketones is 2. The topological polar surface area (TPSA) is 84.2 Å². The van der Waals surface area contributed by atoms with E-state index in [2.05, 4.69) is 17.6 Å². The van der Waals surface area contributed by atoms with Crippen molar-refractivity contribution >= 4 is 22.9 Å². The molecule has 1 unspecified atom stereocenters. The lowest BCUT2D eigenvalue weighted by Gasteiger charge is -2.29. The third-order valence-corrected chi connectivity index (χ3v) is 5.21. The molecule has 0 heterocycles. The summed E-state index contributed by atoms with van der Waals surface area (Å²) in [6.45, 7) is 6.62. The number of hydrogen-bond acceptors (Lipinski definition) is 5. The molecular weight excluding hydrogens is 326 g/mol. The van der Waals surface area contributed by atoms with Gasteiger partial charge in [0.05, 0.1) is 11.1 Å². The van der Waals surface area contributed by atoms with Crippen molar-refractivity contribution in [3.8, 4) is 0 Å². The molecule has 5 heteroatoms. The molecule has 4 N–H and O–H groups in total. The number of fused-ring (bicyclic) bond motifs is 2. The van der Waals surface area contributed by atoms with Crippen LogP contribution in [0.4, 0.5) is 11.4 Å². The number of hydrogen-bond donors (Lipinski definition) is 3. The fourth-order valence-corrected chi connectivity index (χ4v) is 3.10. The Bertz CT molecular complexity index is 881. The van der Waals surface area contributed by atoms with Crippen LogP contribution < -0.4 is 16.4 Å². The molecule has 2 aromatic rings. The first-order chi connectivity index (χ1) is 12.3. The highest BCUT2D eigenvalue weighted by molar-refractivity contribution is 6.31. The molecule has 1 aliphatic carbocycles. The molecule has 0 amide bonds. The molecule has 5 nitrogen and oxygen atoms in total. The van der Waals surface area contributed by atoms with Gasteiger partial charge in [-0.15, -0.1) is 0 Å². The summed E-state index contributed by atoms with van der Waals surface area (Å²) in [7, 11) is 1.75. The van der Waals surface area contributed by atoms with Crippen molar-refractivity contribution in [2.45, 2.75) is 26.3 Å². The molecule has 3 rings (SSSR count). The minimum absolute atomic E-state index is 0.129. The molecule has 0 aliphatic heterocycles. The Labute approximate surface area is 154 Å². The van der Waals surface area contributed by atoms with E-state index in [0.29, 0.717) is 40.2 Å². The normalized spacial score (nSPS) is 14.5. The Kier molecular flexibility index (Phi) is 4.59. The third-order valence-electron chi connectivity index (χ3n) is 5.21. The maximum Gasteiger partial charge on any atom is 0.196 e. The van der Waals surface area contributed by atoms with Crippen molar-refractivity contribution in [1.29, 1.82) is 0 Å². The molecule has 0 bridgehead atoms. The molecule has 0 spiro atoms. The number of nitrogens with two attached hydrogens (primary N) is 1. The molecule has 0 radical (unpaired) electrons. The van der Waals surface area contributed by atoms with Crippen LogP contribution >= 0.6 is 0 Å². The van der Waals surface area contributed by atoms with E-state index < -0.39 is 0 Å². The summed E-state index contributed by atoms with van der Waals surface area (Å²) in [6, 6.07) is 10.7. The molecule has 1 atom stereocenters.